The molecule has 1 aromatic carbocycles. The highest BCUT2D eigenvalue weighted by Crippen LogP contribution is 2.21. The Bertz CT molecular complexity index is 338. The first-order valence-electron chi connectivity index (χ1n) is 5.97. The molecule has 0 amide bonds. The molecule has 0 fully saturated rings. The quantitative estimate of drug-likeness (QED) is 0.825. The van der Waals surface area contributed by atoms with Gasteiger partial charge in [0.05, 0.1) is 6.42 Å². The minimum Gasteiger partial charge on any atom is -0.330 e. The van der Waals surface area contributed by atoms with Gasteiger partial charge in [-0.2, -0.15) is 13.2 Å². The lowest BCUT2D eigenvalue weighted by atomic mass is 9.99. The molecule has 2 unspecified atom stereocenters. The molecule has 0 radical (unpaired) electrons. The van der Waals surface area contributed by atoms with Crippen LogP contribution in [0.4, 0.5) is 13.2 Å². The maximum Gasteiger partial charge on any atom is 0.390 e. The Balaban J connectivity index is 2.46. The van der Waals surface area contributed by atoms with Crippen LogP contribution in [0.1, 0.15) is 24.8 Å². The van der Waals surface area contributed by atoms with Crippen LogP contribution in [0.25, 0.3) is 0 Å². The second-order valence-electron chi connectivity index (χ2n) is 4.47. The number of hydrogen-bond donors (Lipinski definition) is 2. The lowest BCUT2D eigenvalue weighted by molar-refractivity contribution is -0.139. The van der Waals surface area contributed by atoms with Crippen LogP contribution >= 0.6 is 0 Å². The summed E-state index contributed by atoms with van der Waals surface area (Å²) in [5, 5.41) is 2.89. The number of rotatable bonds is 6. The van der Waals surface area contributed by atoms with Crippen LogP contribution in [0.15, 0.2) is 30.3 Å². The molecule has 0 aromatic heterocycles. The van der Waals surface area contributed by atoms with Gasteiger partial charge in [-0.05, 0) is 12.5 Å². The highest BCUT2D eigenvalue weighted by Gasteiger charge is 2.29. The van der Waals surface area contributed by atoms with E-state index in [1.54, 1.807) is 0 Å². The molecule has 1 rings (SSSR count). The molecule has 0 saturated heterocycles. The van der Waals surface area contributed by atoms with Crippen LogP contribution in [0.3, 0.4) is 0 Å². The van der Waals surface area contributed by atoms with Gasteiger partial charge in [0, 0.05) is 25.0 Å². The monoisotopic (exact) mass is 260 g/mol. The molecule has 0 aliphatic heterocycles. The standard InChI is InChI=1S/C13H19F3N2/c1-10(7-13(14,15)16)18-9-12(8-17)11-5-3-2-4-6-11/h2-6,10,12,18H,7-9,17H2,1H3. The Morgan fingerprint density at radius 2 is 1.83 bits per heavy atom. The summed E-state index contributed by atoms with van der Waals surface area (Å²) in [5.41, 5.74) is 6.70. The lowest BCUT2D eigenvalue weighted by Gasteiger charge is -2.20. The number of nitrogens with two attached hydrogens (primary N) is 1. The number of alkyl halides is 3. The normalized spacial score (nSPS) is 15.4. The molecule has 2 nitrogen and oxygen atoms in total. The fraction of sp³-hybridized carbons (Fsp3) is 0.538. The van der Waals surface area contributed by atoms with Crippen molar-refractivity contribution in [1.82, 2.24) is 5.32 Å². The van der Waals surface area contributed by atoms with E-state index in [1.807, 2.05) is 30.3 Å². The summed E-state index contributed by atoms with van der Waals surface area (Å²) >= 11 is 0. The predicted molar refractivity (Wildman–Crippen MR) is 66.4 cm³/mol. The van der Waals surface area contributed by atoms with Gasteiger partial charge in [-0.15, -0.1) is 0 Å². The van der Waals surface area contributed by atoms with Gasteiger partial charge in [-0.3, -0.25) is 0 Å². The third kappa shape index (κ3) is 5.51. The third-order valence-electron chi connectivity index (χ3n) is 2.81. The molecule has 3 N–H and O–H groups in total. The molecule has 5 heteroatoms. The van der Waals surface area contributed by atoms with Crippen LogP contribution < -0.4 is 11.1 Å². The first kappa shape index (κ1) is 15.0. The zero-order chi connectivity index (χ0) is 13.6. The van der Waals surface area contributed by atoms with E-state index < -0.39 is 18.6 Å². The van der Waals surface area contributed by atoms with Crippen molar-refractivity contribution in [2.75, 3.05) is 13.1 Å². The van der Waals surface area contributed by atoms with Crippen molar-refractivity contribution in [3.05, 3.63) is 35.9 Å². The van der Waals surface area contributed by atoms with Crippen molar-refractivity contribution < 1.29 is 13.2 Å². The van der Waals surface area contributed by atoms with Crippen LogP contribution in [-0.2, 0) is 0 Å². The van der Waals surface area contributed by atoms with E-state index in [1.165, 1.54) is 6.92 Å². The lowest BCUT2D eigenvalue weighted by Crippen LogP contribution is -2.35. The smallest absolute Gasteiger partial charge is 0.330 e. The molecule has 0 spiro atoms. The van der Waals surface area contributed by atoms with Crippen LogP contribution in [-0.4, -0.2) is 25.3 Å². The first-order chi connectivity index (χ1) is 8.42. The van der Waals surface area contributed by atoms with Crippen LogP contribution in [0, 0.1) is 0 Å². The topological polar surface area (TPSA) is 38.0 Å². The van der Waals surface area contributed by atoms with E-state index in [2.05, 4.69) is 5.32 Å². The van der Waals surface area contributed by atoms with Crippen molar-refractivity contribution in [3.63, 3.8) is 0 Å². The second-order valence-corrected chi connectivity index (χ2v) is 4.47. The summed E-state index contributed by atoms with van der Waals surface area (Å²) in [6.07, 6.45) is -4.95. The van der Waals surface area contributed by atoms with Crippen LogP contribution in [0.2, 0.25) is 0 Å². The van der Waals surface area contributed by atoms with Gasteiger partial charge < -0.3 is 11.1 Å². The summed E-state index contributed by atoms with van der Waals surface area (Å²) in [5.74, 6) is 0.0434. The SMILES string of the molecule is CC(CC(F)(F)F)NCC(CN)c1ccccc1. The van der Waals surface area contributed by atoms with Gasteiger partial charge in [-0.25, -0.2) is 0 Å². The van der Waals surface area contributed by atoms with Gasteiger partial charge in [0.25, 0.3) is 0 Å². The molecule has 0 aliphatic rings. The second kappa shape index (κ2) is 6.75. The molecule has 2 atom stereocenters. The minimum absolute atomic E-state index is 0.0434. The average Bonchev–Trinajstić information content (AvgIpc) is 2.29. The zero-order valence-electron chi connectivity index (χ0n) is 10.4. The van der Waals surface area contributed by atoms with Crippen LogP contribution in [0.5, 0.6) is 0 Å². The summed E-state index contributed by atoms with van der Waals surface area (Å²) < 4.78 is 36.5. The highest BCUT2D eigenvalue weighted by atomic mass is 19.4. The van der Waals surface area contributed by atoms with Crippen molar-refractivity contribution >= 4 is 0 Å². The van der Waals surface area contributed by atoms with E-state index in [0.29, 0.717) is 13.1 Å². The van der Waals surface area contributed by atoms with Gasteiger partial charge in [0.2, 0.25) is 0 Å². The summed E-state index contributed by atoms with van der Waals surface area (Å²) in [6, 6.07) is 8.98. The van der Waals surface area contributed by atoms with E-state index in [-0.39, 0.29) is 5.92 Å². The molecular formula is C13H19F3N2. The van der Waals surface area contributed by atoms with E-state index in [9.17, 15) is 13.2 Å². The summed E-state index contributed by atoms with van der Waals surface area (Å²) in [6.45, 7) is 2.40. The molecule has 0 aliphatic carbocycles. The maximum atomic E-state index is 12.2. The Morgan fingerprint density at radius 3 is 2.33 bits per heavy atom. The Labute approximate surface area is 105 Å². The number of hydrogen-bond acceptors (Lipinski definition) is 2. The molecule has 0 heterocycles. The molecule has 0 saturated carbocycles. The molecular weight excluding hydrogens is 241 g/mol. The maximum absolute atomic E-state index is 12.2. The Hall–Kier alpha value is -1.07. The highest BCUT2D eigenvalue weighted by molar-refractivity contribution is 5.20. The largest absolute Gasteiger partial charge is 0.390 e. The zero-order valence-corrected chi connectivity index (χ0v) is 10.4. The summed E-state index contributed by atoms with van der Waals surface area (Å²) in [7, 11) is 0. The number of nitrogens with one attached hydrogen (secondary N) is 1. The van der Waals surface area contributed by atoms with Gasteiger partial charge in [0.15, 0.2) is 0 Å². The molecule has 18 heavy (non-hydrogen) atoms. The molecule has 102 valence electrons. The van der Waals surface area contributed by atoms with E-state index in [0.717, 1.165) is 5.56 Å². The Kier molecular flexibility index (Phi) is 5.62. The fourth-order valence-corrected chi connectivity index (χ4v) is 1.83. The number of halogens is 3. The average molecular weight is 260 g/mol. The fourth-order valence-electron chi connectivity index (χ4n) is 1.83. The minimum atomic E-state index is -4.13. The third-order valence-corrected chi connectivity index (χ3v) is 2.81. The van der Waals surface area contributed by atoms with Gasteiger partial charge >= 0.3 is 6.18 Å². The summed E-state index contributed by atoms with van der Waals surface area (Å²) in [4.78, 5) is 0. The van der Waals surface area contributed by atoms with Crippen molar-refractivity contribution in [2.45, 2.75) is 31.5 Å². The van der Waals surface area contributed by atoms with Gasteiger partial charge in [-0.1, -0.05) is 30.3 Å². The Morgan fingerprint density at radius 1 is 1.22 bits per heavy atom. The molecule has 1 aromatic rings. The van der Waals surface area contributed by atoms with Crippen molar-refractivity contribution in [2.24, 2.45) is 5.73 Å². The molecule has 0 bridgehead atoms. The predicted octanol–water partition coefficient (Wildman–Crippen LogP) is 2.66. The van der Waals surface area contributed by atoms with Crippen molar-refractivity contribution in [3.8, 4) is 0 Å². The van der Waals surface area contributed by atoms with E-state index >= 15 is 0 Å². The first-order valence-corrected chi connectivity index (χ1v) is 5.97. The van der Waals surface area contributed by atoms with E-state index in [4.69, 9.17) is 5.73 Å². The van der Waals surface area contributed by atoms with Crippen molar-refractivity contribution in [1.29, 1.82) is 0 Å². The van der Waals surface area contributed by atoms with Gasteiger partial charge in [0.1, 0.15) is 0 Å². The number of benzene rings is 1.